The van der Waals surface area contributed by atoms with Crippen LogP contribution in [0, 0.1) is 11.8 Å². The van der Waals surface area contributed by atoms with Gasteiger partial charge in [-0.1, -0.05) is 13.8 Å². The Bertz CT molecular complexity index is 199. The van der Waals surface area contributed by atoms with Crippen molar-refractivity contribution in [2.24, 2.45) is 11.8 Å². The number of hydrogen-bond acceptors (Lipinski definition) is 3. The van der Waals surface area contributed by atoms with Gasteiger partial charge in [0.15, 0.2) is 6.29 Å². The molecule has 0 aromatic heterocycles. The van der Waals surface area contributed by atoms with Crippen LogP contribution in [0.1, 0.15) is 39.5 Å². The van der Waals surface area contributed by atoms with Gasteiger partial charge in [0.05, 0.1) is 12.7 Å². The summed E-state index contributed by atoms with van der Waals surface area (Å²) in [6.45, 7) is 7.02. The molecule has 2 rings (SSSR count). The minimum atomic E-state index is 0.0155. The van der Waals surface area contributed by atoms with Crippen molar-refractivity contribution < 1.29 is 14.2 Å². The lowest BCUT2D eigenvalue weighted by Crippen LogP contribution is -2.41. The van der Waals surface area contributed by atoms with Crippen LogP contribution in [0.15, 0.2) is 0 Å². The lowest BCUT2D eigenvalue weighted by Gasteiger charge is -2.37. The van der Waals surface area contributed by atoms with Gasteiger partial charge in [-0.2, -0.15) is 0 Å². The van der Waals surface area contributed by atoms with Crippen LogP contribution in [0.25, 0.3) is 0 Å². The highest BCUT2D eigenvalue weighted by Crippen LogP contribution is 2.28. The molecule has 3 nitrogen and oxygen atoms in total. The molecule has 0 aliphatic carbocycles. The van der Waals surface area contributed by atoms with Crippen LogP contribution in [0.5, 0.6) is 0 Å². The second kappa shape index (κ2) is 5.99. The van der Waals surface area contributed by atoms with E-state index in [9.17, 15) is 0 Å². The molecule has 16 heavy (non-hydrogen) atoms. The van der Waals surface area contributed by atoms with E-state index in [2.05, 4.69) is 13.8 Å². The first-order valence-electron chi connectivity index (χ1n) is 6.62. The van der Waals surface area contributed by atoms with E-state index >= 15 is 0 Å². The van der Waals surface area contributed by atoms with Gasteiger partial charge >= 0.3 is 0 Å². The van der Waals surface area contributed by atoms with E-state index in [0.29, 0.717) is 11.8 Å². The van der Waals surface area contributed by atoms with E-state index < -0.39 is 0 Å². The van der Waals surface area contributed by atoms with Crippen LogP contribution >= 0.6 is 0 Å². The first-order valence-corrected chi connectivity index (χ1v) is 6.62. The second-order valence-corrected chi connectivity index (χ2v) is 5.24. The SMILES string of the molecule is CC(C)C1CCOCC1OC1CCCCO1. The quantitative estimate of drug-likeness (QED) is 0.743. The van der Waals surface area contributed by atoms with Crippen molar-refractivity contribution in [1.82, 2.24) is 0 Å². The molecule has 2 saturated heterocycles. The third-order valence-electron chi connectivity index (χ3n) is 3.68. The molecular weight excluding hydrogens is 204 g/mol. The summed E-state index contributed by atoms with van der Waals surface area (Å²) in [6.07, 6.45) is 4.81. The lowest BCUT2D eigenvalue weighted by molar-refractivity contribution is -0.222. The Morgan fingerprint density at radius 3 is 2.69 bits per heavy atom. The highest BCUT2D eigenvalue weighted by molar-refractivity contribution is 4.77. The molecule has 3 heteroatoms. The fourth-order valence-electron chi connectivity index (χ4n) is 2.64. The molecule has 3 unspecified atom stereocenters. The maximum absolute atomic E-state index is 6.06. The van der Waals surface area contributed by atoms with Gasteiger partial charge < -0.3 is 14.2 Å². The van der Waals surface area contributed by atoms with Crippen molar-refractivity contribution in [3.63, 3.8) is 0 Å². The van der Waals surface area contributed by atoms with Gasteiger partial charge in [-0.3, -0.25) is 0 Å². The molecule has 0 saturated carbocycles. The summed E-state index contributed by atoms with van der Waals surface area (Å²) in [6, 6.07) is 0. The number of ether oxygens (including phenoxy) is 3. The Balaban J connectivity index is 1.85. The third kappa shape index (κ3) is 3.19. The smallest absolute Gasteiger partial charge is 0.158 e. The first kappa shape index (κ1) is 12.3. The molecule has 0 bridgehead atoms. The van der Waals surface area contributed by atoms with Gasteiger partial charge in [0.2, 0.25) is 0 Å². The summed E-state index contributed by atoms with van der Waals surface area (Å²) in [5.41, 5.74) is 0. The monoisotopic (exact) mass is 228 g/mol. The minimum Gasteiger partial charge on any atom is -0.379 e. The standard InChI is InChI=1S/C13H24O3/c1-10(2)11-6-8-14-9-12(11)16-13-5-3-4-7-15-13/h10-13H,3-9H2,1-2H3. The summed E-state index contributed by atoms with van der Waals surface area (Å²) in [5, 5.41) is 0. The highest BCUT2D eigenvalue weighted by atomic mass is 16.7. The molecule has 0 aromatic rings. The predicted molar refractivity (Wildman–Crippen MR) is 62.2 cm³/mol. The number of rotatable bonds is 3. The Morgan fingerprint density at radius 2 is 2.00 bits per heavy atom. The fourth-order valence-corrected chi connectivity index (χ4v) is 2.64. The summed E-state index contributed by atoms with van der Waals surface area (Å²) in [7, 11) is 0. The van der Waals surface area contributed by atoms with E-state index in [1.807, 2.05) is 0 Å². The van der Waals surface area contributed by atoms with Crippen LogP contribution in [0.3, 0.4) is 0 Å². The first-order chi connectivity index (χ1) is 7.77. The molecule has 2 aliphatic heterocycles. The largest absolute Gasteiger partial charge is 0.379 e. The van der Waals surface area contributed by atoms with Gasteiger partial charge in [0, 0.05) is 13.2 Å². The maximum atomic E-state index is 6.06. The van der Waals surface area contributed by atoms with Crippen molar-refractivity contribution in [1.29, 1.82) is 0 Å². The predicted octanol–water partition coefficient (Wildman–Crippen LogP) is 2.59. The summed E-state index contributed by atoms with van der Waals surface area (Å²) in [5.74, 6) is 1.29. The minimum absolute atomic E-state index is 0.0155. The van der Waals surface area contributed by atoms with E-state index in [1.54, 1.807) is 0 Å². The molecule has 0 spiro atoms. The Kier molecular flexibility index (Phi) is 4.62. The molecule has 94 valence electrons. The van der Waals surface area contributed by atoms with E-state index in [-0.39, 0.29) is 12.4 Å². The van der Waals surface area contributed by atoms with Gasteiger partial charge in [0.25, 0.3) is 0 Å². The van der Waals surface area contributed by atoms with Crippen LogP contribution in [0.2, 0.25) is 0 Å². The molecule has 0 amide bonds. The van der Waals surface area contributed by atoms with Crippen LogP contribution in [-0.2, 0) is 14.2 Å². The molecule has 2 fully saturated rings. The van der Waals surface area contributed by atoms with E-state index in [0.717, 1.165) is 32.7 Å². The zero-order valence-electron chi connectivity index (χ0n) is 10.5. The van der Waals surface area contributed by atoms with Crippen molar-refractivity contribution in [3.05, 3.63) is 0 Å². The van der Waals surface area contributed by atoms with Gasteiger partial charge in [-0.05, 0) is 37.5 Å². The second-order valence-electron chi connectivity index (χ2n) is 5.24. The Morgan fingerprint density at radius 1 is 1.12 bits per heavy atom. The lowest BCUT2D eigenvalue weighted by atomic mass is 9.86. The summed E-state index contributed by atoms with van der Waals surface area (Å²) in [4.78, 5) is 0. The molecule has 2 aliphatic rings. The zero-order chi connectivity index (χ0) is 11.4. The molecule has 0 aromatic carbocycles. The average molecular weight is 228 g/mol. The van der Waals surface area contributed by atoms with Crippen LogP contribution < -0.4 is 0 Å². The van der Waals surface area contributed by atoms with Crippen molar-refractivity contribution in [3.8, 4) is 0 Å². The van der Waals surface area contributed by atoms with Crippen molar-refractivity contribution >= 4 is 0 Å². The fraction of sp³-hybridized carbons (Fsp3) is 1.00. The van der Waals surface area contributed by atoms with Crippen molar-refractivity contribution in [2.45, 2.75) is 51.9 Å². The summed E-state index contributed by atoms with van der Waals surface area (Å²) < 4.78 is 17.2. The normalized spacial score (nSPS) is 36.6. The Labute approximate surface area is 98.4 Å². The van der Waals surface area contributed by atoms with Crippen molar-refractivity contribution in [2.75, 3.05) is 19.8 Å². The summed E-state index contributed by atoms with van der Waals surface area (Å²) >= 11 is 0. The molecule has 3 atom stereocenters. The van der Waals surface area contributed by atoms with Crippen LogP contribution in [0.4, 0.5) is 0 Å². The number of hydrogen-bond donors (Lipinski definition) is 0. The molecule has 0 radical (unpaired) electrons. The molecule has 2 heterocycles. The van der Waals surface area contributed by atoms with Crippen LogP contribution in [-0.4, -0.2) is 32.2 Å². The highest BCUT2D eigenvalue weighted by Gasteiger charge is 2.31. The zero-order valence-corrected chi connectivity index (χ0v) is 10.5. The van der Waals surface area contributed by atoms with Gasteiger partial charge in [-0.15, -0.1) is 0 Å². The van der Waals surface area contributed by atoms with Gasteiger partial charge in [0.1, 0.15) is 0 Å². The van der Waals surface area contributed by atoms with Gasteiger partial charge in [-0.25, -0.2) is 0 Å². The molecular formula is C13H24O3. The third-order valence-corrected chi connectivity index (χ3v) is 3.68. The average Bonchev–Trinajstić information content (AvgIpc) is 2.31. The van der Waals surface area contributed by atoms with E-state index in [1.165, 1.54) is 12.8 Å². The molecule has 0 N–H and O–H groups in total. The Hall–Kier alpha value is -0.120. The van der Waals surface area contributed by atoms with E-state index in [4.69, 9.17) is 14.2 Å². The maximum Gasteiger partial charge on any atom is 0.158 e. The topological polar surface area (TPSA) is 27.7 Å².